The number of anilines is 1. The highest BCUT2D eigenvalue weighted by molar-refractivity contribution is 5.92. The van der Waals surface area contributed by atoms with Gasteiger partial charge >= 0.3 is 12.0 Å². The molecule has 1 rings (SSSR count). The fourth-order valence-electron chi connectivity index (χ4n) is 1.14. The highest BCUT2D eigenvalue weighted by Gasteiger charge is 2.19. The summed E-state index contributed by atoms with van der Waals surface area (Å²) in [5.41, 5.74) is -0.407. The SMILES string of the molecule is O=C(Nc1cc(F)c(F)c(F)c1)N[C@@H](CO)C(=O)O. The van der Waals surface area contributed by atoms with Gasteiger partial charge < -0.3 is 20.8 Å². The van der Waals surface area contributed by atoms with Crippen LogP contribution in [0.3, 0.4) is 0 Å². The molecule has 0 spiro atoms. The summed E-state index contributed by atoms with van der Waals surface area (Å²) in [5.74, 6) is -6.20. The predicted octanol–water partition coefficient (Wildman–Crippen LogP) is 0.671. The Kier molecular flexibility index (Phi) is 4.70. The largest absolute Gasteiger partial charge is 0.480 e. The first-order valence-electron chi connectivity index (χ1n) is 4.91. The lowest BCUT2D eigenvalue weighted by atomic mass is 10.3. The molecule has 0 heterocycles. The van der Waals surface area contributed by atoms with Crippen LogP contribution >= 0.6 is 0 Å². The van der Waals surface area contributed by atoms with Crippen LogP contribution in [0, 0.1) is 17.5 Å². The topological polar surface area (TPSA) is 98.7 Å². The van der Waals surface area contributed by atoms with Crippen LogP contribution in [-0.2, 0) is 4.79 Å². The van der Waals surface area contributed by atoms with E-state index >= 15 is 0 Å². The first-order valence-corrected chi connectivity index (χ1v) is 4.91. The van der Waals surface area contributed by atoms with E-state index in [0.29, 0.717) is 12.1 Å². The van der Waals surface area contributed by atoms with Crippen LogP contribution < -0.4 is 10.6 Å². The number of benzene rings is 1. The minimum atomic E-state index is -1.69. The Morgan fingerprint density at radius 2 is 1.74 bits per heavy atom. The molecular weight excluding hydrogens is 269 g/mol. The van der Waals surface area contributed by atoms with E-state index < -0.39 is 47.8 Å². The van der Waals surface area contributed by atoms with Crippen molar-refractivity contribution in [3.8, 4) is 0 Å². The molecule has 104 valence electrons. The number of halogens is 3. The molecule has 1 aromatic rings. The Labute approximate surface area is 104 Å². The van der Waals surface area contributed by atoms with Crippen LogP contribution in [0.2, 0.25) is 0 Å². The zero-order chi connectivity index (χ0) is 14.6. The number of carbonyl (C=O) groups is 2. The van der Waals surface area contributed by atoms with Crippen molar-refractivity contribution in [2.45, 2.75) is 6.04 Å². The van der Waals surface area contributed by atoms with E-state index in [0.717, 1.165) is 0 Å². The second-order valence-electron chi connectivity index (χ2n) is 3.43. The van der Waals surface area contributed by atoms with Crippen molar-refractivity contribution in [3.63, 3.8) is 0 Å². The monoisotopic (exact) mass is 278 g/mol. The summed E-state index contributed by atoms with van der Waals surface area (Å²) in [6.07, 6.45) is 0. The Morgan fingerprint density at radius 1 is 1.21 bits per heavy atom. The van der Waals surface area contributed by atoms with Crippen molar-refractivity contribution in [1.82, 2.24) is 5.32 Å². The van der Waals surface area contributed by atoms with Gasteiger partial charge in [0, 0.05) is 17.8 Å². The van der Waals surface area contributed by atoms with E-state index in [1.54, 1.807) is 0 Å². The molecule has 19 heavy (non-hydrogen) atoms. The number of nitrogens with one attached hydrogen (secondary N) is 2. The van der Waals surface area contributed by atoms with Crippen molar-refractivity contribution in [2.24, 2.45) is 0 Å². The molecule has 9 heteroatoms. The molecule has 1 aromatic carbocycles. The maximum atomic E-state index is 12.8. The number of carboxylic acid groups (broad SMARTS) is 1. The maximum absolute atomic E-state index is 12.8. The van der Waals surface area contributed by atoms with E-state index in [1.807, 2.05) is 10.6 Å². The number of aliphatic hydroxyl groups is 1. The number of rotatable bonds is 4. The van der Waals surface area contributed by atoms with E-state index in [9.17, 15) is 22.8 Å². The van der Waals surface area contributed by atoms with Crippen LogP contribution in [0.5, 0.6) is 0 Å². The van der Waals surface area contributed by atoms with Gasteiger partial charge in [-0.3, -0.25) is 0 Å². The number of carboxylic acids is 1. The molecule has 0 aliphatic heterocycles. The fraction of sp³-hybridized carbons (Fsp3) is 0.200. The smallest absolute Gasteiger partial charge is 0.328 e. The highest BCUT2D eigenvalue weighted by Crippen LogP contribution is 2.17. The lowest BCUT2D eigenvalue weighted by Gasteiger charge is -2.12. The molecule has 2 amide bonds. The maximum Gasteiger partial charge on any atom is 0.328 e. The molecule has 0 aliphatic rings. The third-order valence-corrected chi connectivity index (χ3v) is 2.03. The fourth-order valence-corrected chi connectivity index (χ4v) is 1.14. The van der Waals surface area contributed by atoms with Crippen LogP contribution in [0.4, 0.5) is 23.7 Å². The average Bonchev–Trinajstić information content (AvgIpc) is 2.32. The molecule has 0 saturated heterocycles. The summed E-state index contributed by atoms with van der Waals surface area (Å²) in [7, 11) is 0. The van der Waals surface area contributed by atoms with Gasteiger partial charge in [-0.15, -0.1) is 0 Å². The van der Waals surface area contributed by atoms with Gasteiger partial charge in [-0.1, -0.05) is 0 Å². The van der Waals surface area contributed by atoms with Crippen molar-refractivity contribution < 1.29 is 33.0 Å². The predicted molar refractivity (Wildman–Crippen MR) is 57.0 cm³/mol. The Morgan fingerprint density at radius 3 is 2.16 bits per heavy atom. The van der Waals surface area contributed by atoms with Gasteiger partial charge in [-0.2, -0.15) is 0 Å². The normalized spacial score (nSPS) is 11.8. The van der Waals surface area contributed by atoms with Gasteiger partial charge in [-0.05, 0) is 0 Å². The minimum Gasteiger partial charge on any atom is -0.480 e. The standard InChI is InChI=1S/C10H9F3N2O4/c11-5-1-4(2-6(12)8(5)13)14-10(19)15-7(3-16)9(17)18/h1-2,7,16H,3H2,(H,17,18)(H2,14,15,19)/t7-/m0/s1. The van der Waals surface area contributed by atoms with Crippen LogP contribution in [0.1, 0.15) is 0 Å². The van der Waals surface area contributed by atoms with E-state index in [-0.39, 0.29) is 0 Å². The lowest BCUT2D eigenvalue weighted by Crippen LogP contribution is -2.45. The summed E-state index contributed by atoms with van der Waals surface area (Å²) in [6.45, 7) is -0.866. The summed E-state index contributed by atoms with van der Waals surface area (Å²) < 4.78 is 38.3. The second-order valence-corrected chi connectivity index (χ2v) is 3.43. The van der Waals surface area contributed by atoms with Crippen molar-refractivity contribution in [3.05, 3.63) is 29.6 Å². The second kappa shape index (κ2) is 6.05. The van der Waals surface area contributed by atoms with E-state index in [4.69, 9.17) is 10.2 Å². The number of carbonyl (C=O) groups excluding carboxylic acids is 1. The number of aliphatic carboxylic acids is 1. The van der Waals surface area contributed by atoms with Crippen molar-refractivity contribution in [2.75, 3.05) is 11.9 Å². The molecule has 0 bridgehead atoms. The van der Waals surface area contributed by atoms with E-state index in [1.165, 1.54) is 0 Å². The van der Waals surface area contributed by atoms with E-state index in [2.05, 4.69) is 0 Å². The zero-order valence-corrected chi connectivity index (χ0v) is 9.28. The molecule has 6 nitrogen and oxygen atoms in total. The van der Waals surface area contributed by atoms with Crippen molar-refractivity contribution >= 4 is 17.7 Å². The molecule has 1 atom stereocenters. The summed E-state index contributed by atoms with van der Waals surface area (Å²) in [4.78, 5) is 21.8. The summed E-state index contributed by atoms with van der Waals surface area (Å²) in [5, 5.41) is 20.9. The number of amides is 2. The molecule has 0 saturated carbocycles. The third-order valence-electron chi connectivity index (χ3n) is 2.03. The average molecular weight is 278 g/mol. The molecule has 4 N–H and O–H groups in total. The molecular formula is C10H9F3N2O4. The van der Waals surface area contributed by atoms with Crippen LogP contribution in [0.25, 0.3) is 0 Å². The lowest BCUT2D eigenvalue weighted by molar-refractivity contribution is -0.140. The zero-order valence-electron chi connectivity index (χ0n) is 9.28. The van der Waals surface area contributed by atoms with Gasteiger partial charge in [0.15, 0.2) is 23.5 Å². The number of aliphatic hydroxyl groups excluding tert-OH is 1. The third kappa shape index (κ3) is 3.85. The summed E-state index contributed by atoms with van der Waals surface area (Å²) >= 11 is 0. The quantitative estimate of drug-likeness (QED) is 0.608. The molecule has 0 aromatic heterocycles. The molecule has 0 radical (unpaired) electrons. The molecule has 0 unspecified atom stereocenters. The first-order chi connectivity index (χ1) is 8.85. The Balaban J connectivity index is 2.75. The Hall–Kier alpha value is -2.29. The van der Waals surface area contributed by atoms with Crippen LogP contribution in [0.15, 0.2) is 12.1 Å². The number of hydrogen-bond acceptors (Lipinski definition) is 3. The van der Waals surface area contributed by atoms with Crippen LogP contribution in [-0.4, -0.2) is 34.9 Å². The summed E-state index contributed by atoms with van der Waals surface area (Å²) in [6, 6.07) is -1.65. The molecule has 0 aliphatic carbocycles. The number of hydrogen-bond donors (Lipinski definition) is 4. The minimum absolute atomic E-state index is 0.407. The van der Waals surface area contributed by atoms with Crippen molar-refractivity contribution in [1.29, 1.82) is 0 Å². The van der Waals surface area contributed by atoms with Gasteiger partial charge in [0.25, 0.3) is 0 Å². The first kappa shape index (κ1) is 14.8. The molecule has 0 fully saturated rings. The highest BCUT2D eigenvalue weighted by atomic mass is 19.2. The number of urea groups is 1. The van der Waals surface area contributed by atoms with Gasteiger partial charge in [0.2, 0.25) is 0 Å². The van der Waals surface area contributed by atoms with Gasteiger partial charge in [-0.25, -0.2) is 22.8 Å². The van der Waals surface area contributed by atoms with Gasteiger partial charge in [0.05, 0.1) is 6.61 Å². The van der Waals surface area contributed by atoms with Gasteiger partial charge in [0.1, 0.15) is 0 Å². The Bertz CT molecular complexity index is 487.